The van der Waals surface area contributed by atoms with Gasteiger partial charge in [0, 0.05) is 10.0 Å². The summed E-state index contributed by atoms with van der Waals surface area (Å²) >= 11 is 11.8. The fourth-order valence-corrected chi connectivity index (χ4v) is 4.41. The normalized spacial score (nSPS) is 11.2. The minimum Gasteiger partial charge on any atom is -0.457 e. The van der Waals surface area contributed by atoms with Gasteiger partial charge in [-0.1, -0.05) is 35.3 Å². The lowest BCUT2D eigenvalue weighted by Gasteiger charge is -2.10. The van der Waals surface area contributed by atoms with Crippen molar-refractivity contribution in [3.63, 3.8) is 0 Å². The zero-order valence-electron chi connectivity index (χ0n) is 16.0. The Hall–Kier alpha value is -2.99. The molecule has 0 N–H and O–H groups in total. The Morgan fingerprint density at radius 2 is 0.903 bits per heavy atom. The zero-order valence-corrected chi connectivity index (χ0v) is 18.4. The van der Waals surface area contributed by atoms with Crippen molar-refractivity contribution in [2.24, 2.45) is 0 Å². The van der Waals surface area contributed by atoms with Gasteiger partial charge in [-0.3, -0.25) is 0 Å². The number of hydrogen-bond acceptors (Lipinski definition) is 4. The molecular formula is C24H16Cl2O4S. The fourth-order valence-electron chi connectivity index (χ4n) is 2.82. The average Bonchev–Trinajstić information content (AvgIpc) is 2.77. The summed E-state index contributed by atoms with van der Waals surface area (Å²) in [6.07, 6.45) is 0. The second kappa shape index (κ2) is 9.02. The molecule has 4 aromatic rings. The maximum atomic E-state index is 13.2. The van der Waals surface area contributed by atoms with Crippen molar-refractivity contribution in [3.8, 4) is 23.0 Å². The highest BCUT2D eigenvalue weighted by Crippen LogP contribution is 2.30. The van der Waals surface area contributed by atoms with Gasteiger partial charge in [-0.25, -0.2) is 8.42 Å². The van der Waals surface area contributed by atoms with Crippen molar-refractivity contribution in [1.29, 1.82) is 0 Å². The number of hydrogen-bond donors (Lipinski definition) is 0. The minimum atomic E-state index is -3.78. The van der Waals surface area contributed by atoms with Crippen LogP contribution < -0.4 is 9.47 Å². The van der Waals surface area contributed by atoms with Gasteiger partial charge in [0.1, 0.15) is 23.0 Å². The van der Waals surface area contributed by atoms with Crippen molar-refractivity contribution in [2.75, 3.05) is 0 Å². The van der Waals surface area contributed by atoms with Crippen LogP contribution in [0.5, 0.6) is 23.0 Å². The van der Waals surface area contributed by atoms with Gasteiger partial charge in [0.15, 0.2) is 0 Å². The molecule has 0 amide bonds. The van der Waals surface area contributed by atoms with E-state index in [1.807, 2.05) is 0 Å². The highest BCUT2D eigenvalue weighted by Gasteiger charge is 2.19. The summed E-state index contributed by atoms with van der Waals surface area (Å²) in [4.78, 5) is 0.227. The summed E-state index contributed by atoms with van der Waals surface area (Å²) in [6.45, 7) is 0. The van der Waals surface area contributed by atoms with E-state index in [4.69, 9.17) is 32.7 Å². The maximum Gasteiger partial charge on any atom is 0.206 e. The molecule has 31 heavy (non-hydrogen) atoms. The Labute approximate surface area is 190 Å². The van der Waals surface area contributed by atoms with Gasteiger partial charge in [-0.15, -0.1) is 0 Å². The van der Waals surface area contributed by atoms with Crippen LogP contribution in [0.3, 0.4) is 0 Å². The van der Waals surface area contributed by atoms with Crippen LogP contribution in [0.15, 0.2) is 107 Å². The summed E-state index contributed by atoms with van der Waals surface area (Å²) in [6, 6.07) is 26.3. The summed E-state index contributed by atoms with van der Waals surface area (Å²) < 4.78 is 37.9. The molecule has 0 bridgehead atoms. The first kappa shape index (κ1) is 21.2. The second-order valence-electron chi connectivity index (χ2n) is 6.57. The molecule has 4 rings (SSSR count). The molecule has 156 valence electrons. The van der Waals surface area contributed by atoms with E-state index in [9.17, 15) is 8.42 Å². The summed E-state index contributed by atoms with van der Waals surface area (Å²) in [5.74, 6) is 1.91. The molecule has 4 aromatic carbocycles. The molecule has 0 radical (unpaired) electrons. The predicted octanol–water partition coefficient (Wildman–Crippen LogP) is 7.41. The molecule has 0 aliphatic rings. The Bertz CT molecular complexity index is 1210. The van der Waals surface area contributed by atoms with Crippen LogP contribution in [0.4, 0.5) is 0 Å². The Kier molecular flexibility index (Phi) is 6.18. The lowest BCUT2D eigenvalue weighted by molar-refractivity contribution is 0.480. The highest BCUT2D eigenvalue weighted by molar-refractivity contribution is 7.91. The van der Waals surface area contributed by atoms with Gasteiger partial charge in [-0.05, 0) is 84.9 Å². The van der Waals surface area contributed by atoms with E-state index in [1.165, 1.54) is 24.3 Å². The molecule has 0 atom stereocenters. The lowest BCUT2D eigenvalue weighted by Crippen LogP contribution is -2.02. The average molecular weight is 471 g/mol. The van der Waals surface area contributed by atoms with Gasteiger partial charge < -0.3 is 9.47 Å². The molecular weight excluding hydrogens is 455 g/mol. The summed E-state index contributed by atoms with van der Waals surface area (Å²) in [5, 5.41) is 1.17. The number of rotatable bonds is 6. The number of halogens is 2. The van der Waals surface area contributed by atoms with Crippen LogP contribution in [-0.2, 0) is 9.84 Å². The molecule has 0 spiro atoms. The number of sulfone groups is 1. The quantitative estimate of drug-likeness (QED) is 0.294. The molecule has 0 aromatic heterocycles. The zero-order chi connectivity index (χ0) is 21.8. The van der Waals surface area contributed by atoms with Crippen LogP contribution in [0.1, 0.15) is 0 Å². The van der Waals surface area contributed by atoms with Crippen molar-refractivity contribution >= 4 is 33.0 Å². The monoisotopic (exact) mass is 470 g/mol. The molecule has 7 heteroatoms. The SMILES string of the molecule is O=S(=O)(c1cccc(Oc2ccc(Cl)cc2)c1)c1cccc(Oc2ccc(Cl)cc2)c1. The first-order chi connectivity index (χ1) is 14.9. The third-order valence-corrected chi connectivity index (χ3v) is 6.58. The van der Waals surface area contributed by atoms with Gasteiger partial charge in [0.2, 0.25) is 9.84 Å². The number of benzene rings is 4. The van der Waals surface area contributed by atoms with E-state index >= 15 is 0 Å². The highest BCUT2D eigenvalue weighted by atomic mass is 35.5. The fraction of sp³-hybridized carbons (Fsp3) is 0. The van der Waals surface area contributed by atoms with Crippen LogP contribution >= 0.6 is 23.2 Å². The Morgan fingerprint density at radius 3 is 1.29 bits per heavy atom. The van der Waals surface area contributed by atoms with Gasteiger partial charge in [0.05, 0.1) is 9.79 Å². The van der Waals surface area contributed by atoms with Crippen LogP contribution in [0, 0.1) is 0 Å². The van der Waals surface area contributed by atoms with Gasteiger partial charge in [0.25, 0.3) is 0 Å². The van der Waals surface area contributed by atoms with Crippen molar-refractivity contribution in [2.45, 2.75) is 9.79 Å². The van der Waals surface area contributed by atoms with Gasteiger partial charge >= 0.3 is 0 Å². The molecule has 0 saturated heterocycles. The standard InChI is InChI=1S/C24H16Cl2O4S/c25-17-7-11-19(12-8-17)29-21-3-1-5-23(15-21)31(27,28)24-6-2-4-22(16-24)30-20-13-9-18(26)10-14-20/h1-16H. The minimum absolute atomic E-state index is 0.114. The second-order valence-corrected chi connectivity index (χ2v) is 9.39. The molecule has 0 unspecified atom stereocenters. The van der Waals surface area contributed by atoms with E-state index in [2.05, 4.69) is 0 Å². The maximum absolute atomic E-state index is 13.2. The molecule has 0 aliphatic heterocycles. The first-order valence-corrected chi connectivity index (χ1v) is 11.5. The number of ether oxygens (including phenoxy) is 2. The van der Waals surface area contributed by atoms with E-state index < -0.39 is 9.84 Å². The van der Waals surface area contributed by atoms with Crippen LogP contribution in [0.2, 0.25) is 10.0 Å². The van der Waals surface area contributed by atoms with Crippen molar-refractivity contribution in [3.05, 3.63) is 107 Å². The Balaban J connectivity index is 1.59. The van der Waals surface area contributed by atoms with Crippen LogP contribution in [-0.4, -0.2) is 8.42 Å². The molecule has 0 fully saturated rings. The van der Waals surface area contributed by atoms with E-state index in [0.29, 0.717) is 33.0 Å². The molecule has 0 saturated carbocycles. The summed E-state index contributed by atoms with van der Waals surface area (Å²) in [7, 11) is -3.78. The van der Waals surface area contributed by atoms with Crippen molar-refractivity contribution < 1.29 is 17.9 Å². The smallest absolute Gasteiger partial charge is 0.206 e. The van der Waals surface area contributed by atoms with Crippen LogP contribution in [0.25, 0.3) is 0 Å². The molecule has 0 heterocycles. The topological polar surface area (TPSA) is 52.6 Å². The van der Waals surface area contributed by atoms with E-state index in [1.54, 1.807) is 72.8 Å². The third-order valence-electron chi connectivity index (χ3n) is 4.33. The summed E-state index contributed by atoms with van der Waals surface area (Å²) in [5.41, 5.74) is 0. The third kappa shape index (κ3) is 5.20. The molecule has 4 nitrogen and oxygen atoms in total. The largest absolute Gasteiger partial charge is 0.457 e. The Morgan fingerprint density at radius 1 is 0.516 bits per heavy atom. The predicted molar refractivity (Wildman–Crippen MR) is 121 cm³/mol. The lowest BCUT2D eigenvalue weighted by atomic mass is 10.3. The first-order valence-electron chi connectivity index (χ1n) is 9.22. The van der Waals surface area contributed by atoms with E-state index in [0.717, 1.165) is 0 Å². The molecule has 0 aliphatic carbocycles. The van der Waals surface area contributed by atoms with Crippen molar-refractivity contribution in [1.82, 2.24) is 0 Å². The van der Waals surface area contributed by atoms with Gasteiger partial charge in [-0.2, -0.15) is 0 Å². The van der Waals surface area contributed by atoms with E-state index in [-0.39, 0.29) is 9.79 Å².